The first-order valence-electron chi connectivity index (χ1n) is 2.58. The minimum Gasteiger partial charge on any atom is -0.324 e. The van der Waals surface area contributed by atoms with Gasteiger partial charge in [-0.25, -0.2) is 0 Å². The lowest BCUT2D eigenvalue weighted by molar-refractivity contribution is 0.823. The van der Waals surface area contributed by atoms with E-state index >= 15 is 0 Å². The van der Waals surface area contributed by atoms with Crippen molar-refractivity contribution in [3.05, 3.63) is 22.4 Å². The molecule has 0 aromatic carbocycles. The summed E-state index contributed by atoms with van der Waals surface area (Å²) >= 11 is 1.69. The summed E-state index contributed by atoms with van der Waals surface area (Å²) < 4.78 is 0. The van der Waals surface area contributed by atoms with Crippen molar-refractivity contribution >= 4 is 11.3 Å². The Morgan fingerprint density at radius 2 is 2.50 bits per heavy atom. The molecule has 8 heavy (non-hydrogen) atoms. The van der Waals surface area contributed by atoms with Crippen LogP contribution in [0.4, 0.5) is 0 Å². The van der Waals surface area contributed by atoms with Crippen molar-refractivity contribution in [2.45, 2.75) is 13.0 Å². The number of hydrogen-bond acceptors (Lipinski definition) is 2. The molecule has 0 unspecified atom stereocenters. The molecule has 0 aliphatic heterocycles. The van der Waals surface area contributed by atoms with E-state index in [4.69, 9.17) is 5.73 Å². The Morgan fingerprint density at radius 1 is 1.75 bits per heavy atom. The van der Waals surface area contributed by atoms with Crippen LogP contribution in [-0.4, -0.2) is 0 Å². The molecule has 0 radical (unpaired) electrons. The van der Waals surface area contributed by atoms with Crippen LogP contribution >= 0.6 is 11.3 Å². The highest BCUT2D eigenvalue weighted by Gasteiger charge is 1.95. The van der Waals surface area contributed by atoms with Crippen LogP contribution in [0.3, 0.4) is 0 Å². The molecule has 0 amide bonds. The van der Waals surface area contributed by atoms with Gasteiger partial charge in [-0.05, 0) is 29.3 Å². The van der Waals surface area contributed by atoms with Crippen LogP contribution in [0.2, 0.25) is 0 Å². The quantitative estimate of drug-likeness (QED) is 0.611. The van der Waals surface area contributed by atoms with Crippen molar-refractivity contribution in [2.75, 3.05) is 0 Å². The van der Waals surface area contributed by atoms with Crippen LogP contribution in [0.15, 0.2) is 16.8 Å². The summed E-state index contributed by atoms with van der Waals surface area (Å²) in [6.07, 6.45) is 0. The lowest BCUT2D eigenvalue weighted by Gasteiger charge is -1.97. The minimum atomic E-state index is 0.196. The largest absolute Gasteiger partial charge is 0.324 e. The Kier molecular flexibility index (Phi) is 1.65. The minimum absolute atomic E-state index is 0.196. The van der Waals surface area contributed by atoms with Crippen molar-refractivity contribution in [3.63, 3.8) is 0 Å². The topological polar surface area (TPSA) is 26.0 Å². The zero-order valence-corrected chi connectivity index (χ0v) is 5.61. The molecule has 2 N–H and O–H groups in total. The second-order valence-electron chi connectivity index (χ2n) is 1.85. The second kappa shape index (κ2) is 2.29. The van der Waals surface area contributed by atoms with Crippen molar-refractivity contribution in [3.8, 4) is 0 Å². The lowest BCUT2D eigenvalue weighted by atomic mass is 10.2. The molecular weight excluding hydrogens is 118 g/mol. The highest BCUT2D eigenvalue weighted by molar-refractivity contribution is 7.07. The van der Waals surface area contributed by atoms with E-state index in [9.17, 15) is 0 Å². The van der Waals surface area contributed by atoms with Gasteiger partial charge in [0.1, 0.15) is 0 Å². The number of rotatable bonds is 1. The molecule has 1 aromatic rings. The van der Waals surface area contributed by atoms with E-state index in [-0.39, 0.29) is 6.04 Å². The molecule has 0 fully saturated rings. The second-order valence-corrected chi connectivity index (χ2v) is 2.63. The van der Waals surface area contributed by atoms with Gasteiger partial charge in [-0.15, -0.1) is 0 Å². The molecule has 0 saturated heterocycles. The van der Waals surface area contributed by atoms with Crippen LogP contribution < -0.4 is 5.73 Å². The first-order chi connectivity index (χ1) is 3.80. The van der Waals surface area contributed by atoms with E-state index in [1.54, 1.807) is 11.3 Å². The van der Waals surface area contributed by atoms with E-state index in [1.165, 1.54) is 5.56 Å². The summed E-state index contributed by atoms with van der Waals surface area (Å²) in [4.78, 5) is 0. The van der Waals surface area contributed by atoms with Crippen molar-refractivity contribution < 1.29 is 0 Å². The molecule has 44 valence electrons. The van der Waals surface area contributed by atoms with Gasteiger partial charge in [0.25, 0.3) is 0 Å². The monoisotopic (exact) mass is 127 g/mol. The third kappa shape index (κ3) is 1.08. The van der Waals surface area contributed by atoms with Gasteiger partial charge >= 0.3 is 0 Å². The molecule has 1 rings (SSSR count). The molecule has 0 aliphatic rings. The fourth-order valence-corrected chi connectivity index (χ4v) is 1.30. The maximum Gasteiger partial charge on any atom is 0.0274 e. The standard InChI is InChI=1S/C6H9NS/c1-5(7)6-2-3-8-4-6/h2-5H,7H2,1H3/t5-/m1/s1. The Balaban J connectivity index is 2.77. The van der Waals surface area contributed by atoms with E-state index in [2.05, 4.69) is 11.4 Å². The normalized spacial score (nSPS) is 13.8. The SMILES string of the molecule is C[C@@H](N)c1ccsc1. The summed E-state index contributed by atoms with van der Waals surface area (Å²) in [7, 11) is 0. The van der Waals surface area contributed by atoms with Crippen LogP contribution in [0.25, 0.3) is 0 Å². The van der Waals surface area contributed by atoms with Gasteiger partial charge in [0.15, 0.2) is 0 Å². The summed E-state index contributed by atoms with van der Waals surface area (Å²) in [6.45, 7) is 1.99. The fraction of sp³-hybridized carbons (Fsp3) is 0.333. The van der Waals surface area contributed by atoms with E-state index in [1.807, 2.05) is 12.3 Å². The number of thiophene rings is 1. The molecule has 1 heterocycles. The Labute approximate surface area is 53.1 Å². The highest BCUT2D eigenvalue weighted by Crippen LogP contribution is 2.12. The van der Waals surface area contributed by atoms with Crippen molar-refractivity contribution in [1.82, 2.24) is 0 Å². The van der Waals surface area contributed by atoms with Crippen molar-refractivity contribution in [1.29, 1.82) is 0 Å². The van der Waals surface area contributed by atoms with Crippen molar-refractivity contribution in [2.24, 2.45) is 5.73 Å². The molecular formula is C6H9NS. The predicted octanol–water partition coefficient (Wildman–Crippen LogP) is 1.77. The first-order valence-corrected chi connectivity index (χ1v) is 3.52. The first kappa shape index (κ1) is 5.79. The van der Waals surface area contributed by atoms with Crippen LogP contribution in [0.1, 0.15) is 18.5 Å². The molecule has 0 spiro atoms. The van der Waals surface area contributed by atoms with Gasteiger partial charge < -0.3 is 5.73 Å². The van der Waals surface area contributed by atoms with Gasteiger partial charge in [-0.3, -0.25) is 0 Å². The lowest BCUT2D eigenvalue weighted by Crippen LogP contribution is -2.02. The molecule has 1 aromatic heterocycles. The van der Waals surface area contributed by atoms with Crippen LogP contribution in [-0.2, 0) is 0 Å². The molecule has 0 bridgehead atoms. The van der Waals surface area contributed by atoms with Gasteiger partial charge in [0.2, 0.25) is 0 Å². The number of hydrogen-bond donors (Lipinski definition) is 1. The van der Waals surface area contributed by atoms with Gasteiger partial charge in [0.05, 0.1) is 0 Å². The number of nitrogens with two attached hydrogens (primary N) is 1. The predicted molar refractivity (Wildman–Crippen MR) is 36.9 cm³/mol. The van der Waals surface area contributed by atoms with Crippen LogP contribution in [0.5, 0.6) is 0 Å². The summed E-state index contributed by atoms with van der Waals surface area (Å²) in [5.41, 5.74) is 6.80. The Hall–Kier alpha value is -0.340. The maximum absolute atomic E-state index is 5.56. The molecule has 0 aliphatic carbocycles. The zero-order valence-electron chi connectivity index (χ0n) is 4.79. The third-order valence-corrected chi connectivity index (χ3v) is 1.77. The van der Waals surface area contributed by atoms with Gasteiger partial charge in [-0.2, -0.15) is 11.3 Å². The molecule has 1 nitrogen and oxygen atoms in total. The maximum atomic E-state index is 5.56. The zero-order chi connectivity index (χ0) is 5.98. The average molecular weight is 127 g/mol. The summed E-state index contributed by atoms with van der Waals surface area (Å²) in [5.74, 6) is 0. The third-order valence-electron chi connectivity index (χ3n) is 1.07. The summed E-state index contributed by atoms with van der Waals surface area (Å²) in [5, 5.41) is 4.11. The van der Waals surface area contributed by atoms with E-state index in [0.29, 0.717) is 0 Å². The van der Waals surface area contributed by atoms with Gasteiger partial charge in [-0.1, -0.05) is 0 Å². The van der Waals surface area contributed by atoms with E-state index in [0.717, 1.165) is 0 Å². The molecule has 2 heteroatoms. The highest BCUT2D eigenvalue weighted by atomic mass is 32.1. The van der Waals surface area contributed by atoms with E-state index < -0.39 is 0 Å². The molecule has 1 atom stereocenters. The van der Waals surface area contributed by atoms with Crippen LogP contribution in [0, 0.1) is 0 Å². The fourth-order valence-electron chi connectivity index (χ4n) is 0.534. The Morgan fingerprint density at radius 3 is 2.75 bits per heavy atom. The average Bonchev–Trinajstić information content (AvgIpc) is 2.12. The van der Waals surface area contributed by atoms with Gasteiger partial charge in [0, 0.05) is 6.04 Å². The summed E-state index contributed by atoms with van der Waals surface area (Å²) in [6, 6.07) is 2.25. The smallest absolute Gasteiger partial charge is 0.0274 e. The Bertz CT molecular complexity index is 144. The molecule has 0 saturated carbocycles.